The number of benzene rings is 1. The molecule has 2 rings (SSSR count). The summed E-state index contributed by atoms with van der Waals surface area (Å²) in [5.41, 5.74) is 3.27. The lowest BCUT2D eigenvalue weighted by atomic mass is 10.2. The monoisotopic (exact) mass is 204 g/mol. The quantitative estimate of drug-likeness (QED) is 0.735. The van der Waals surface area contributed by atoms with Gasteiger partial charge in [-0.3, -0.25) is 0 Å². The van der Waals surface area contributed by atoms with Crippen molar-refractivity contribution in [1.82, 2.24) is 9.55 Å². The summed E-state index contributed by atoms with van der Waals surface area (Å²) in [5, 5.41) is 0. The van der Waals surface area contributed by atoms with Gasteiger partial charge in [-0.25, -0.2) is 9.37 Å². The molecule has 0 atom stereocenters. The third-order valence-corrected chi connectivity index (χ3v) is 2.61. The van der Waals surface area contributed by atoms with Gasteiger partial charge in [0.05, 0.1) is 12.0 Å². The molecule has 1 heterocycles. The Morgan fingerprint density at radius 1 is 1.20 bits per heavy atom. The van der Waals surface area contributed by atoms with Crippen molar-refractivity contribution < 1.29 is 4.39 Å². The molecule has 78 valence electrons. The van der Waals surface area contributed by atoms with Gasteiger partial charge in [0.15, 0.2) is 0 Å². The van der Waals surface area contributed by atoms with Gasteiger partial charge in [0.25, 0.3) is 0 Å². The highest BCUT2D eigenvalue weighted by molar-refractivity contribution is 5.18. The highest BCUT2D eigenvalue weighted by Crippen LogP contribution is 2.09. The van der Waals surface area contributed by atoms with Crippen LogP contribution in [0, 0.1) is 19.7 Å². The van der Waals surface area contributed by atoms with Crippen molar-refractivity contribution in [2.75, 3.05) is 0 Å². The van der Waals surface area contributed by atoms with Crippen molar-refractivity contribution in [2.24, 2.45) is 0 Å². The molecular formula is C12H13FN2. The third kappa shape index (κ3) is 2.06. The average molecular weight is 204 g/mol. The van der Waals surface area contributed by atoms with Crippen LogP contribution in [0.2, 0.25) is 0 Å². The molecule has 15 heavy (non-hydrogen) atoms. The molecule has 0 N–H and O–H groups in total. The molecular weight excluding hydrogens is 191 g/mol. The minimum Gasteiger partial charge on any atom is -0.330 e. The Labute approximate surface area is 88.4 Å². The topological polar surface area (TPSA) is 17.8 Å². The first kappa shape index (κ1) is 9.90. The van der Waals surface area contributed by atoms with Gasteiger partial charge in [0.2, 0.25) is 0 Å². The molecule has 0 radical (unpaired) electrons. The van der Waals surface area contributed by atoms with Gasteiger partial charge < -0.3 is 4.57 Å². The van der Waals surface area contributed by atoms with Crippen molar-refractivity contribution >= 4 is 0 Å². The molecule has 2 aromatic rings. The number of aryl methyl sites for hydroxylation is 1. The first-order valence-corrected chi connectivity index (χ1v) is 4.89. The number of halogens is 1. The van der Waals surface area contributed by atoms with Crippen LogP contribution >= 0.6 is 0 Å². The molecule has 0 aliphatic carbocycles. The van der Waals surface area contributed by atoms with E-state index < -0.39 is 0 Å². The van der Waals surface area contributed by atoms with E-state index in [0.717, 1.165) is 23.5 Å². The molecule has 0 bridgehead atoms. The van der Waals surface area contributed by atoms with E-state index in [9.17, 15) is 4.39 Å². The van der Waals surface area contributed by atoms with E-state index in [4.69, 9.17) is 0 Å². The van der Waals surface area contributed by atoms with Crippen LogP contribution in [0.3, 0.4) is 0 Å². The second-order valence-corrected chi connectivity index (χ2v) is 3.67. The zero-order chi connectivity index (χ0) is 10.8. The van der Waals surface area contributed by atoms with Crippen LogP contribution in [0.1, 0.15) is 17.0 Å². The highest BCUT2D eigenvalue weighted by atomic mass is 19.1. The van der Waals surface area contributed by atoms with E-state index in [2.05, 4.69) is 9.55 Å². The van der Waals surface area contributed by atoms with E-state index in [1.54, 1.807) is 12.1 Å². The predicted molar refractivity (Wildman–Crippen MR) is 57.2 cm³/mol. The van der Waals surface area contributed by atoms with E-state index in [1.165, 1.54) is 12.1 Å². The zero-order valence-corrected chi connectivity index (χ0v) is 8.87. The minimum atomic E-state index is -0.197. The molecule has 1 aromatic heterocycles. The molecule has 0 amide bonds. The Hall–Kier alpha value is -1.64. The fourth-order valence-corrected chi connectivity index (χ4v) is 1.49. The van der Waals surface area contributed by atoms with Crippen molar-refractivity contribution in [1.29, 1.82) is 0 Å². The predicted octanol–water partition coefficient (Wildman–Crippen LogP) is 2.69. The molecule has 0 saturated heterocycles. The molecule has 0 fully saturated rings. The van der Waals surface area contributed by atoms with E-state index in [-0.39, 0.29) is 5.82 Å². The van der Waals surface area contributed by atoms with E-state index in [0.29, 0.717) is 0 Å². The van der Waals surface area contributed by atoms with Crippen LogP contribution in [-0.4, -0.2) is 9.55 Å². The van der Waals surface area contributed by atoms with Gasteiger partial charge in [-0.15, -0.1) is 0 Å². The lowest BCUT2D eigenvalue weighted by Crippen LogP contribution is -2.00. The second-order valence-electron chi connectivity index (χ2n) is 3.67. The maximum Gasteiger partial charge on any atom is 0.123 e. The Kier molecular flexibility index (Phi) is 2.54. The number of hydrogen-bond acceptors (Lipinski definition) is 1. The normalized spacial score (nSPS) is 10.6. The van der Waals surface area contributed by atoms with Gasteiger partial charge in [0.1, 0.15) is 5.82 Å². The molecule has 1 aromatic carbocycles. The summed E-state index contributed by atoms with van der Waals surface area (Å²) in [6, 6.07) is 6.55. The molecule has 0 unspecified atom stereocenters. The Bertz CT molecular complexity index is 457. The summed E-state index contributed by atoms with van der Waals surface area (Å²) in [4.78, 5) is 4.22. The van der Waals surface area contributed by atoms with Crippen LogP contribution < -0.4 is 0 Å². The van der Waals surface area contributed by atoms with Crippen molar-refractivity contribution in [3.05, 3.63) is 53.4 Å². The summed E-state index contributed by atoms with van der Waals surface area (Å²) in [6.07, 6.45) is 1.81. The average Bonchev–Trinajstić information content (AvgIpc) is 2.53. The van der Waals surface area contributed by atoms with Crippen molar-refractivity contribution in [3.8, 4) is 0 Å². The van der Waals surface area contributed by atoms with Crippen LogP contribution in [0.5, 0.6) is 0 Å². The number of rotatable bonds is 2. The van der Waals surface area contributed by atoms with Crippen molar-refractivity contribution in [3.63, 3.8) is 0 Å². The summed E-state index contributed by atoms with van der Waals surface area (Å²) in [6.45, 7) is 4.76. The number of imidazole rings is 1. The Balaban J connectivity index is 2.22. The van der Waals surface area contributed by atoms with Gasteiger partial charge in [-0.05, 0) is 31.5 Å². The number of nitrogens with zero attached hydrogens (tertiary/aromatic N) is 2. The molecule has 0 spiro atoms. The van der Waals surface area contributed by atoms with Crippen LogP contribution in [0.4, 0.5) is 4.39 Å². The van der Waals surface area contributed by atoms with Gasteiger partial charge in [-0.1, -0.05) is 12.1 Å². The standard InChI is InChI=1S/C12H13FN2/c1-9-10(2)15(8-14-9)7-11-3-5-12(13)6-4-11/h3-6,8H,7H2,1-2H3. The van der Waals surface area contributed by atoms with E-state index in [1.807, 2.05) is 20.2 Å². The maximum atomic E-state index is 12.7. The number of aromatic nitrogens is 2. The fraction of sp³-hybridized carbons (Fsp3) is 0.250. The lowest BCUT2D eigenvalue weighted by molar-refractivity contribution is 0.626. The van der Waals surface area contributed by atoms with Gasteiger partial charge in [0, 0.05) is 12.2 Å². The summed E-state index contributed by atoms with van der Waals surface area (Å²) >= 11 is 0. The molecule has 0 aliphatic rings. The molecule has 0 saturated carbocycles. The van der Waals surface area contributed by atoms with E-state index >= 15 is 0 Å². The molecule has 3 heteroatoms. The maximum absolute atomic E-state index is 12.7. The second kappa shape index (κ2) is 3.85. The fourth-order valence-electron chi connectivity index (χ4n) is 1.49. The van der Waals surface area contributed by atoms with Crippen LogP contribution in [0.25, 0.3) is 0 Å². The Morgan fingerprint density at radius 3 is 2.40 bits per heavy atom. The summed E-state index contributed by atoms with van der Waals surface area (Å²) < 4.78 is 14.7. The SMILES string of the molecule is Cc1ncn(Cc2ccc(F)cc2)c1C. The van der Waals surface area contributed by atoms with Gasteiger partial charge in [-0.2, -0.15) is 0 Å². The molecule has 2 nitrogen and oxygen atoms in total. The van der Waals surface area contributed by atoms with Crippen molar-refractivity contribution in [2.45, 2.75) is 20.4 Å². The summed E-state index contributed by atoms with van der Waals surface area (Å²) in [5.74, 6) is -0.197. The summed E-state index contributed by atoms with van der Waals surface area (Å²) in [7, 11) is 0. The first-order chi connectivity index (χ1) is 7.16. The van der Waals surface area contributed by atoms with Gasteiger partial charge >= 0.3 is 0 Å². The molecule has 0 aliphatic heterocycles. The van der Waals surface area contributed by atoms with Crippen LogP contribution in [-0.2, 0) is 6.54 Å². The lowest BCUT2D eigenvalue weighted by Gasteiger charge is -2.05. The Morgan fingerprint density at radius 2 is 1.87 bits per heavy atom. The highest BCUT2D eigenvalue weighted by Gasteiger charge is 2.02. The first-order valence-electron chi connectivity index (χ1n) is 4.89. The van der Waals surface area contributed by atoms with Crippen LogP contribution in [0.15, 0.2) is 30.6 Å². The minimum absolute atomic E-state index is 0.197. The number of hydrogen-bond donors (Lipinski definition) is 0. The smallest absolute Gasteiger partial charge is 0.123 e. The largest absolute Gasteiger partial charge is 0.330 e. The third-order valence-electron chi connectivity index (χ3n) is 2.61. The zero-order valence-electron chi connectivity index (χ0n) is 8.87.